The number of non-ortho nitro benzene ring substituents is 1. The SMILES string of the molecule is C=O.CC.CCCN(C)c1ccc([N+](=O)[O-])cc1C. The minimum atomic E-state index is -0.364. The van der Waals surface area contributed by atoms with Crippen LogP contribution in [0, 0.1) is 17.0 Å². The van der Waals surface area contributed by atoms with Crippen LogP contribution in [-0.4, -0.2) is 25.3 Å². The second-order valence-corrected chi connectivity index (χ2v) is 3.65. The van der Waals surface area contributed by atoms with Crippen LogP contribution in [0.4, 0.5) is 11.4 Å². The summed E-state index contributed by atoms with van der Waals surface area (Å²) in [5.41, 5.74) is 2.16. The Labute approximate surface area is 115 Å². The molecule has 5 heteroatoms. The lowest BCUT2D eigenvalue weighted by atomic mass is 10.1. The molecular weight excluding hydrogens is 244 g/mol. The molecule has 0 saturated carbocycles. The van der Waals surface area contributed by atoms with Crippen molar-refractivity contribution in [2.45, 2.75) is 34.1 Å². The molecule has 0 fully saturated rings. The van der Waals surface area contributed by atoms with E-state index in [1.165, 1.54) is 0 Å². The van der Waals surface area contributed by atoms with Crippen molar-refractivity contribution in [1.29, 1.82) is 0 Å². The van der Waals surface area contributed by atoms with Gasteiger partial charge in [0.25, 0.3) is 5.69 Å². The van der Waals surface area contributed by atoms with Gasteiger partial charge in [-0.15, -0.1) is 0 Å². The summed E-state index contributed by atoms with van der Waals surface area (Å²) in [5.74, 6) is 0. The van der Waals surface area contributed by atoms with E-state index in [4.69, 9.17) is 4.79 Å². The lowest BCUT2D eigenvalue weighted by Gasteiger charge is -2.20. The Morgan fingerprint density at radius 3 is 2.21 bits per heavy atom. The van der Waals surface area contributed by atoms with Crippen molar-refractivity contribution >= 4 is 18.2 Å². The van der Waals surface area contributed by atoms with E-state index < -0.39 is 0 Å². The van der Waals surface area contributed by atoms with Gasteiger partial charge in [-0.25, -0.2) is 0 Å². The molecule has 0 saturated heterocycles. The van der Waals surface area contributed by atoms with E-state index in [9.17, 15) is 10.1 Å². The summed E-state index contributed by atoms with van der Waals surface area (Å²) < 4.78 is 0. The van der Waals surface area contributed by atoms with Crippen LogP contribution in [0.5, 0.6) is 0 Å². The Morgan fingerprint density at radius 2 is 1.84 bits per heavy atom. The highest BCUT2D eigenvalue weighted by molar-refractivity contribution is 5.56. The van der Waals surface area contributed by atoms with Gasteiger partial charge in [-0.3, -0.25) is 10.1 Å². The third-order valence-electron chi connectivity index (χ3n) is 2.36. The lowest BCUT2D eigenvalue weighted by molar-refractivity contribution is -0.384. The van der Waals surface area contributed by atoms with E-state index in [0.717, 1.165) is 24.2 Å². The standard InChI is InChI=1S/C11H16N2O2.C2H6.CH2O/c1-4-7-12(3)11-6-5-10(13(14)15)8-9(11)2;2*1-2/h5-6,8H,4,7H2,1-3H3;1-2H3;1H2. The largest absolute Gasteiger partial charge is 0.374 e. The van der Waals surface area contributed by atoms with Gasteiger partial charge in [0.05, 0.1) is 4.92 Å². The first kappa shape index (κ1) is 19.4. The topological polar surface area (TPSA) is 63.5 Å². The van der Waals surface area contributed by atoms with Crippen LogP contribution in [0.1, 0.15) is 32.8 Å². The van der Waals surface area contributed by atoms with E-state index in [0.29, 0.717) is 0 Å². The van der Waals surface area contributed by atoms with Gasteiger partial charge in [-0.1, -0.05) is 20.8 Å². The highest BCUT2D eigenvalue weighted by Crippen LogP contribution is 2.23. The Balaban J connectivity index is 0. The van der Waals surface area contributed by atoms with Crippen molar-refractivity contribution in [3.05, 3.63) is 33.9 Å². The quantitative estimate of drug-likeness (QED) is 0.618. The summed E-state index contributed by atoms with van der Waals surface area (Å²) >= 11 is 0. The second-order valence-electron chi connectivity index (χ2n) is 3.65. The predicted molar refractivity (Wildman–Crippen MR) is 79.9 cm³/mol. The number of nitrogens with zero attached hydrogens (tertiary/aromatic N) is 2. The minimum Gasteiger partial charge on any atom is -0.374 e. The highest BCUT2D eigenvalue weighted by atomic mass is 16.6. The molecule has 0 aliphatic rings. The molecule has 0 aromatic heterocycles. The van der Waals surface area contributed by atoms with Crippen molar-refractivity contribution in [2.75, 3.05) is 18.5 Å². The Kier molecular flexibility index (Phi) is 11.4. The van der Waals surface area contributed by atoms with Crippen LogP contribution in [0.25, 0.3) is 0 Å². The molecule has 1 aromatic carbocycles. The van der Waals surface area contributed by atoms with Gasteiger partial charge >= 0.3 is 0 Å². The number of nitro benzene ring substituents is 1. The fourth-order valence-corrected chi connectivity index (χ4v) is 1.64. The minimum absolute atomic E-state index is 0.154. The van der Waals surface area contributed by atoms with Gasteiger partial charge < -0.3 is 9.69 Å². The van der Waals surface area contributed by atoms with E-state index in [2.05, 4.69) is 11.8 Å². The summed E-state index contributed by atoms with van der Waals surface area (Å²) in [4.78, 5) is 20.3. The number of hydrogen-bond donors (Lipinski definition) is 0. The van der Waals surface area contributed by atoms with Crippen molar-refractivity contribution in [3.63, 3.8) is 0 Å². The van der Waals surface area contributed by atoms with E-state index in [1.54, 1.807) is 12.1 Å². The van der Waals surface area contributed by atoms with Gasteiger partial charge in [0.15, 0.2) is 0 Å². The second kappa shape index (κ2) is 11.2. The van der Waals surface area contributed by atoms with Crippen LogP contribution in [-0.2, 0) is 4.79 Å². The van der Waals surface area contributed by atoms with E-state index in [1.807, 2.05) is 40.7 Å². The Bertz CT molecular complexity index is 381. The molecule has 0 bridgehead atoms. The summed E-state index contributed by atoms with van der Waals surface area (Å²) in [5, 5.41) is 10.6. The fraction of sp³-hybridized carbons (Fsp3) is 0.500. The molecule has 0 amide bonds. The number of carbonyl (C=O) groups is 1. The molecule has 5 nitrogen and oxygen atoms in total. The molecule has 1 rings (SSSR count). The van der Waals surface area contributed by atoms with Crippen LogP contribution in [0.2, 0.25) is 0 Å². The Morgan fingerprint density at radius 1 is 1.32 bits per heavy atom. The summed E-state index contributed by atoms with van der Waals surface area (Å²) in [6.07, 6.45) is 1.06. The van der Waals surface area contributed by atoms with Gasteiger partial charge in [-0.05, 0) is 25.0 Å². The molecule has 0 aliphatic carbocycles. The zero-order chi connectivity index (χ0) is 15.4. The summed E-state index contributed by atoms with van der Waals surface area (Å²) in [7, 11) is 2.00. The first-order valence-electron chi connectivity index (χ1n) is 6.31. The molecule has 0 unspecified atom stereocenters. The summed E-state index contributed by atoms with van der Waals surface area (Å²) in [6, 6.07) is 4.97. The number of rotatable bonds is 4. The average molecular weight is 268 g/mol. The Hall–Kier alpha value is -1.91. The smallest absolute Gasteiger partial charge is 0.269 e. The van der Waals surface area contributed by atoms with Gasteiger partial charge in [0, 0.05) is 31.4 Å². The van der Waals surface area contributed by atoms with E-state index >= 15 is 0 Å². The molecular formula is C14H24N2O3. The number of carbonyl (C=O) groups excluding carboxylic acids is 1. The normalized spacial score (nSPS) is 8.47. The van der Waals surface area contributed by atoms with Gasteiger partial charge in [0.2, 0.25) is 0 Å². The molecule has 0 aliphatic heterocycles. The molecule has 1 aromatic rings. The molecule has 0 heterocycles. The van der Waals surface area contributed by atoms with Crippen molar-refractivity contribution in [1.82, 2.24) is 0 Å². The molecule has 0 N–H and O–H groups in total. The molecule has 0 spiro atoms. The maximum atomic E-state index is 10.6. The highest BCUT2D eigenvalue weighted by Gasteiger charge is 2.09. The number of anilines is 1. The predicted octanol–water partition coefficient (Wildman–Crippen LogP) is 3.59. The number of benzene rings is 1. The maximum absolute atomic E-state index is 10.6. The number of hydrogen-bond acceptors (Lipinski definition) is 4. The van der Waals surface area contributed by atoms with Crippen LogP contribution in [0.3, 0.4) is 0 Å². The zero-order valence-electron chi connectivity index (χ0n) is 12.5. The van der Waals surface area contributed by atoms with Crippen LogP contribution >= 0.6 is 0 Å². The molecule has 0 radical (unpaired) electrons. The first-order chi connectivity index (χ1) is 9.06. The zero-order valence-corrected chi connectivity index (χ0v) is 12.5. The fourth-order valence-electron chi connectivity index (χ4n) is 1.64. The van der Waals surface area contributed by atoms with Crippen LogP contribution < -0.4 is 4.90 Å². The molecule has 0 atom stereocenters. The summed E-state index contributed by atoms with van der Waals surface area (Å²) in [6.45, 7) is 11.0. The first-order valence-corrected chi connectivity index (χ1v) is 6.31. The third-order valence-corrected chi connectivity index (χ3v) is 2.36. The monoisotopic (exact) mass is 268 g/mol. The third kappa shape index (κ3) is 6.55. The lowest BCUT2D eigenvalue weighted by Crippen LogP contribution is -2.18. The van der Waals surface area contributed by atoms with Crippen molar-refractivity contribution < 1.29 is 9.72 Å². The number of nitro groups is 1. The number of aryl methyl sites for hydroxylation is 1. The van der Waals surface area contributed by atoms with Gasteiger partial charge in [-0.2, -0.15) is 0 Å². The van der Waals surface area contributed by atoms with Gasteiger partial charge in [0.1, 0.15) is 6.79 Å². The van der Waals surface area contributed by atoms with Crippen molar-refractivity contribution in [2.24, 2.45) is 0 Å². The molecule has 19 heavy (non-hydrogen) atoms. The van der Waals surface area contributed by atoms with Crippen molar-refractivity contribution in [3.8, 4) is 0 Å². The average Bonchev–Trinajstić information content (AvgIpc) is 2.43. The van der Waals surface area contributed by atoms with Crippen LogP contribution in [0.15, 0.2) is 18.2 Å². The maximum Gasteiger partial charge on any atom is 0.269 e. The van der Waals surface area contributed by atoms with E-state index in [-0.39, 0.29) is 10.6 Å². The molecule has 108 valence electrons.